The molecular weight excluding hydrogens is 242 g/mol. The molecule has 19 heavy (non-hydrogen) atoms. The number of carboxylic acid groups (broad SMARTS) is 1. The van der Waals surface area contributed by atoms with Gasteiger partial charge in [-0.15, -0.1) is 6.42 Å². The van der Waals surface area contributed by atoms with Crippen molar-refractivity contribution in [3.05, 3.63) is 29.8 Å². The van der Waals surface area contributed by atoms with Crippen LogP contribution in [0.1, 0.15) is 19.4 Å². The van der Waals surface area contributed by atoms with Crippen LogP contribution < -0.4 is 4.74 Å². The highest BCUT2D eigenvalue weighted by molar-refractivity contribution is 5.69. The maximum atomic E-state index is 10.8. The molecular formula is C15H19NO3. The quantitative estimate of drug-likeness (QED) is 0.763. The first-order valence-corrected chi connectivity index (χ1v) is 6.14. The smallest absolute Gasteiger partial charge is 0.317 e. The number of rotatable bonds is 7. The zero-order valence-electron chi connectivity index (χ0n) is 11.3. The van der Waals surface area contributed by atoms with E-state index in [2.05, 4.69) is 5.92 Å². The van der Waals surface area contributed by atoms with E-state index in [-0.39, 0.29) is 12.6 Å². The summed E-state index contributed by atoms with van der Waals surface area (Å²) in [6.45, 7) is 4.65. The molecule has 4 nitrogen and oxygen atoms in total. The van der Waals surface area contributed by atoms with Crippen LogP contribution in [0, 0.1) is 12.3 Å². The molecule has 1 aromatic carbocycles. The van der Waals surface area contributed by atoms with Gasteiger partial charge in [0.1, 0.15) is 5.75 Å². The molecule has 0 fully saturated rings. The summed E-state index contributed by atoms with van der Waals surface area (Å²) < 4.78 is 5.60. The number of nitrogens with zero attached hydrogens (tertiary/aromatic N) is 1. The topological polar surface area (TPSA) is 49.8 Å². The van der Waals surface area contributed by atoms with Crippen LogP contribution in [-0.4, -0.2) is 35.2 Å². The van der Waals surface area contributed by atoms with Crippen LogP contribution in [-0.2, 0) is 11.3 Å². The van der Waals surface area contributed by atoms with E-state index < -0.39 is 5.97 Å². The molecule has 1 rings (SSSR count). The van der Waals surface area contributed by atoms with Crippen molar-refractivity contribution in [3.63, 3.8) is 0 Å². The molecule has 0 heterocycles. The number of hydrogen-bond acceptors (Lipinski definition) is 3. The second kappa shape index (κ2) is 7.45. The normalized spacial score (nSPS) is 10.5. The van der Waals surface area contributed by atoms with Crippen LogP contribution in [0.2, 0.25) is 0 Å². The standard InChI is InChI=1S/C15H19NO3/c1-4-8-16(11-15(17)18)10-13-6-5-7-14(9-13)19-12(2)3/h1,5-7,9,12H,8,10-11H2,2-3H3,(H,17,18). The van der Waals surface area contributed by atoms with E-state index in [0.29, 0.717) is 13.1 Å². The van der Waals surface area contributed by atoms with Crippen molar-refractivity contribution in [2.24, 2.45) is 0 Å². The summed E-state index contributed by atoms with van der Waals surface area (Å²) in [5, 5.41) is 8.83. The lowest BCUT2D eigenvalue weighted by Gasteiger charge is -2.18. The van der Waals surface area contributed by atoms with Gasteiger partial charge in [0.15, 0.2) is 0 Å². The molecule has 1 N–H and O–H groups in total. The number of ether oxygens (including phenoxy) is 1. The first kappa shape index (κ1) is 15.1. The highest BCUT2D eigenvalue weighted by Crippen LogP contribution is 2.16. The lowest BCUT2D eigenvalue weighted by atomic mass is 10.2. The van der Waals surface area contributed by atoms with Gasteiger partial charge in [-0.3, -0.25) is 9.69 Å². The van der Waals surface area contributed by atoms with Gasteiger partial charge in [-0.2, -0.15) is 0 Å². The Kier molecular flexibility index (Phi) is 5.91. The Morgan fingerprint density at radius 3 is 2.84 bits per heavy atom. The van der Waals surface area contributed by atoms with Gasteiger partial charge in [-0.1, -0.05) is 18.1 Å². The summed E-state index contributed by atoms with van der Waals surface area (Å²) in [5.41, 5.74) is 0.981. The fourth-order valence-corrected chi connectivity index (χ4v) is 1.74. The van der Waals surface area contributed by atoms with Crippen molar-refractivity contribution in [2.75, 3.05) is 13.1 Å². The second-order valence-corrected chi connectivity index (χ2v) is 4.56. The van der Waals surface area contributed by atoms with E-state index in [1.54, 1.807) is 4.90 Å². The van der Waals surface area contributed by atoms with Crippen LogP contribution in [0.5, 0.6) is 5.75 Å². The Morgan fingerprint density at radius 2 is 2.26 bits per heavy atom. The first-order valence-electron chi connectivity index (χ1n) is 6.14. The SMILES string of the molecule is C#CCN(CC(=O)O)Cc1cccc(OC(C)C)c1. The average Bonchev–Trinajstić information content (AvgIpc) is 2.27. The summed E-state index contributed by atoms with van der Waals surface area (Å²) in [7, 11) is 0. The zero-order valence-corrected chi connectivity index (χ0v) is 11.3. The molecule has 0 bridgehead atoms. The number of carboxylic acids is 1. The number of benzene rings is 1. The highest BCUT2D eigenvalue weighted by Gasteiger charge is 2.09. The van der Waals surface area contributed by atoms with E-state index >= 15 is 0 Å². The molecule has 0 amide bonds. The molecule has 0 saturated carbocycles. The van der Waals surface area contributed by atoms with Crippen molar-refractivity contribution in [1.82, 2.24) is 4.90 Å². The van der Waals surface area contributed by atoms with Crippen molar-refractivity contribution < 1.29 is 14.6 Å². The molecule has 1 aromatic rings. The Morgan fingerprint density at radius 1 is 1.53 bits per heavy atom. The average molecular weight is 261 g/mol. The molecule has 0 aliphatic heterocycles. The third kappa shape index (κ3) is 5.94. The first-order chi connectivity index (χ1) is 9.01. The van der Waals surface area contributed by atoms with Crippen molar-refractivity contribution in [2.45, 2.75) is 26.5 Å². The Labute approximate surface area is 114 Å². The fourth-order valence-electron chi connectivity index (χ4n) is 1.74. The molecule has 0 atom stereocenters. The van der Waals surface area contributed by atoms with E-state index in [4.69, 9.17) is 16.3 Å². The highest BCUT2D eigenvalue weighted by atomic mass is 16.5. The second-order valence-electron chi connectivity index (χ2n) is 4.56. The van der Waals surface area contributed by atoms with Gasteiger partial charge in [0, 0.05) is 6.54 Å². The van der Waals surface area contributed by atoms with Gasteiger partial charge in [0.2, 0.25) is 0 Å². The Balaban J connectivity index is 2.73. The molecule has 0 aromatic heterocycles. The molecule has 4 heteroatoms. The van der Waals surface area contributed by atoms with Gasteiger partial charge in [-0.05, 0) is 31.5 Å². The predicted octanol–water partition coefficient (Wildman–Crippen LogP) is 1.99. The van der Waals surface area contributed by atoms with Gasteiger partial charge in [0.25, 0.3) is 0 Å². The number of hydrogen-bond donors (Lipinski definition) is 1. The predicted molar refractivity (Wildman–Crippen MR) is 74.0 cm³/mol. The lowest BCUT2D eigenvalue weighted by molar-refractivity contribution is -0.138. The van der Waals surface area contributed by atoms with Gasteiger partial charge in [0.05, 0.1) is 19.2 Å². The molecule has 102 valence electrons. The number of aliphatic carboxylic acids is 1. The summed E-state index contributed by atoms with van der Waals surface area (Å²) in [4.78, 5) is 12.4. The van der Waals surface area contributed by atoms with E-state index in [1.807, 2.05) is 38.1 Å². The summed E-state index contributed by atoms with van der Waals surface area (Å²) in [5.74, 6) is 2.37. The minimum atomic E-state index is -0.884. The van der Waals surface area contributed by atoms with Gasteiger partial charge in [-0.25, -0.2) is 0 Å². The minimum absolute atomic E-state index is 0.0700. The van der Waals surface area contributed by atoms with E-state index in [1.165, 1.54) is 0 Å². The number of terminal acetylenes is 1. The van der Waals surface area contributed by atoms with Crippen LogP contribution in [0.4, 0.5) is 0 Å². The molecule has 0 spiro atoms. The Bertz CT molecular complexity index is 463. The van der Waals surface area contributed by atoms with Gasteiger partial charge < -0.3 is 9.84 Å². The molecule has 0 radical (unpaired) electrons. The summed E-state index contributed by atoms with van der Waals surface area (Å²) in [6.07, 6.45) is 5.35. The van der Waals surface area contributed by atoms with E-state index in [9.17, 15) is 4.79 Å². The number of carbonyl (C=O) groups is 1. The molecule has 0 aliphatic carbocycles. The van der Waals surface area contributed by atoms with Crippen molar-refractivity contribution in [3.8, 4) is 18.1 Å². The lowest BCUT2D eigenvalue weighted by Crippen LogP contribution is -2.29. The van der Waals surface area contributed by atoms with E-state index in [0.717, 1.165) is 11.3 Å². The maximum absolute atomic E-state index is 10.8. The zero-order chi connectivity index (χ0) is 14.3. The van der Waals surface area contributed by atoms with Gasteiger partial charge >= 0.3 is 5.97 Å². The van der Waals surface area contributed by atoms with Crippen molar-refractivity contribution in [1.29, 1.82) is 0 Å². The monoisotopic (exact) mass is 261 g/mol. The molecule has 0 saturated heterocycles. The van der Waals surface area contributed by atoms with Crippen molar-refractivity contribution >= 4 is 5.97 Å². The van der Waals surface area contributed by atoms with Crippen LogP contribution in [0.25, 0.3) is 0 Å². The molecule has 0 aliphatic rings. The largest absolute Gasteiger partial charge is 0.491 e. The third-order valence-corrected chi connectivity index (χ3v) is 2.35. The Hall–Kier alpha value is -1.99. The van der Waals surface area contributed by atoms with Crippen LogP contribution in [0.3, 0.4) is 0 Å². The van der Waals surface area contributed by atoms with Crippen LogP contribution >= 0.6 is 0 Å². The summed E-state index contributed by atoms with van der Waals surface area (Å²) >= 11 is 0. The summed E-state index contributed by atoms with van der Waals surface area (Å²) in [6, 6.07) is 7.61. The minimum Gasteiger partial charge on any atom is -0.491 e. The molecule has 0 unspecified atom stereocenters. The van der Waals surface area contributed by atoms with Crippen LogP contribution in [0.15, 0.2) is 24.3 Å². The maximum Gasteiger partial charge on any atom is 0.317 e. The fraction of sp³-hybridized carbons (Fsp3) is 0.400. The third-order valence-electron chi connectivity index (χ3n) is 2.35.